The second kappa shape index (κ2) is 3.10. The van der Waals surface area contributed by atoms with E-state index in [1.807, 2.05) is 0 Å². The summed E-state index contributed by atoms with van der Waals surface area (Å²) in [4.78, 5) is 0. The molecular weight excluding hydrogens is 196 g/mol. The number of benzene rings is 1. The smallest absolute Gasteiger partial charge is 0.0997 e. The van der Waals surface area contributed by atoms with E-state index in [1.54, 1.807) is 0 Å². The molecule has 0 N–H and O–H groups in total. The fraction of sp³-hybridized carbons (Fsp3) is 0.600. The largest absolute Gasteiger partial charge is 0.365 e. The number of hydrogen-bond acceptors (Lipinski definition) is 1. The molecule has 86 valence electrons. The van der Waals surface area contributed by atoms with Crippen LogP contribution in [0.15, 0.2) is 24.3 Å². The standard InChI is InChI=1S/C15H20O/c1-14(2,3)13-15(16-13)9-8-11-6-4-5-7-12(11)10-15/h4-7,13H,8-10H2,1-3H3/t13-,15-/m1/s1. The van der Waals surface area contributed by atoms with Gasteiger partial charge >= 0.3 is 0 Å². The van der Waals surface area contributed by atoms with Gasteiger partial charge in [0.05, 0.1) is 11.7 Å². The average Bonchev–Trinajstić information content (AvgIpc) is 2.92. The molecule has 0 bridgehead atoms. The molecule has 2 aliphatic rings. The van der Waals surface area contributed by atoms with E-state index in [0.717, 1.165) is 6.42 Å². The first-order valence-electron chi connectivity index (χ1n) is 6.26. The molecule has 1 aromatic rings. The summed E-state index contributed by atoms with van der Waals surface area (Å²) in [5.41, 5.74) is 3.48. The highest BCUT2D eigenvalue weighted by Gasteiger charge is 2.61. The van der Waals surface area contributed by atoms with Crippen molar-refractivity contribution >= 4 is 0 Å². The Labute approximate surface area is 97.8 Å². The van der Waals surface area contributed by atoms with Crippen molar-refractivity contribution in [2.45, 2.75) is 51.7 Å². The van der Waals surface area contributed by atoms with Crippen LogP contribution in [-0.4, -0.2) is 11.7 Å². The summed E-state index contributed by atoms with van der Waals surface area (Å²) in [5.74, 6) is 0. The molecule has 0 aromatic heterocycles. The summed E-state index contributed by atoms with van der Waals surface area (Å²) in [6.45, 7) is 6.85. The molecule has 16 heavy (non-hydrogen) atoms. The van der Waals surface area contributed by atoms with E-state index in [9.17, 15) is 0 Å². The maximum absolute atomic E-state index is 6.07. The minimum Gasteiger partial charge on any atom is -0.365 e. The molecule has 1 nitrogen and oxygen atoms in total. The number of rotatable bonds is 0. The van der Waals surface area contributed by atoms with Crippen molar-refractivity contribution in [2.75, 3.05) is 0 Å². The SMILES string of the molecule is CC(C)(C)[C@H]1O[C@@]12CCc1ccccc1C2. The van der Waals surface area contributed by atoms with Crippen LogP contribution in [-0.2, 0) is 17.6 Å². The molecule has 3 rings (SSSR count). The lowest BCUT2D eigenvalue weighted by molar-refractivity contribution is 0.237. The first kappa shape index (κ1) is 10.3. The van der Waals surface area contributed by atoms with Gasteiger partial charge in [0.2, 0.25) is 0 Å². The minimum atomic E-state index is 0.173. The highest BCUT2D eigenvalue weighted by molar-refractivity contribution is 5.34. The van der Waals surface area contributed by atoms with E-state index in [2.05, 4.69) is 45.0 Å². The molecule has 0 radical (unpaired) electrons. The van der Waals surface area contributed by atoms with Crippen LogP contribution in [0.5, 0.6) is 0 Å². The van der Waals surface area contributed by atoms with Crippen molar-refractivity contribution in [1.82, 2.24) is 0 Å². The first-order chi connectivity index (χ1) is 7.51. The molecule has 1 saturated heterocycles. The summed E-state index contributed by atoms with van der Waals surface area (Å²) in [7, 11) is 0. The molecule has 2 atom stereocenters. The van der Waals surface area contributed by atoms with Crippen LogP contribution < -0.4 is 0 Å². The van der Waals surface area contributed by atoms with Gasteiger partial charge in [-0.2, -0.15) is 0 Å². The summed E-state index contributed by atoms with van der Waals surface area (Å²) in [6, 6.07) is 8.81. The zero-order valence-corrected chi connectivity index (χ0v) is 10.4. The molecule has 1 aromatic carbocycles. The molecule has 0 amide bonds. The van der Waals surface area contributed by atoms with Crippen LogP contribution in [0.2, 0.25) is 0 Å². The third kappa shape index (κ3) is 1.49. The van der Waals surface area contributed by atoms with Gasteiger partial charge in [0.15, 0.2) is 0 Å². The van der Waals surface area contributed by atoms with Gasteiger partial charge in [-0.25, -0.2) is 0 Å². The van der Waals surface area contributed by atoms with Crippen molar-refractivity contribution in [2.24, 2.45) is 5.41 Å². The van der Waals surface area contributed by atoms with Crippen LogP contribution in [0.1, 0.15) is 38.3 Å². The van der Waals surface area contributed by atoms with Crippen LogP contribution in [0.25, 0.3) is 0 Å². The van der Waals surface area contributed by atoms with E-state index in [-0.39, 0.29) is 11.0 Å². The van der Waals surface area contributed by atoms with Gasteiger partial charge in [-0.1, -0.05) is 45.0 Å². The Morgan fingerprint density at radius 3 is 2.50 bits per heavy atom. The molecule has 1 spiro atoms. The van der Waals surface area contributed by atoms with Crippen LogP contribution in [0.3, 0.4) is 0 Å². The molecule has 1 fully saturated rings. The number of epoxide rings is 1. The number of ether oxygens (including phenoxy) is 1. The quantitative estimate of drug-likeness (QED) is 0.606. The lowest BCUT2D eigenvalue weighted by Crippen LogP contribution is -2.30. The normalized spacial score (nSPS) is 32.6. The predicted molar refractivity (Wildman–Crippen MR) is 65.5 cm³/mol. The van der Waals surface area contributed by atoms with Crippen LogP contribution >= 0.6 is 0 Å². The predicted octanol–water partition coefficient (Wildman–Crippen LogP) is 3.36. The monoisotopic (exact) mass is 216 g/mol. The molecule has 1 heteroatoms. The molecule has 0 unspecified atom stereocenters. The number of hydrogen-bond donors (Lipinski definition) is 0. The molecule has 1 aliphatic carbocycles. The van der Waals surface area contributed by atoms with Crippen molar-refractivity contribution in [3.8, 4) is 0 Å². The maximum Gasteiger partial charge on any atom is 0.0997 e. The van der Waals surface area contributed by atoms with Gasteiger partial charge in [0.25, 0.3) is 0 Å². The average molecular weight is 216 g/mol. The van der Waals surface area contributed by atoms with Crippen LogP contribution in [0.4, 0.5) is 0 Å². The Hall–Kier alpha value is -0.820. The van der Waals surface area contributed by atoms with Gasteiger partial charge in [0.1, 0.15) is 0 Å². The van der Waals surface area contributed by atoms with E-state index in [1.165, 1.54) is 24.0 Å². The Balaban J connectivity index is 1.85. The summed E-state index contributed by atoms with van der Waals surface area (Å²) in [5, 5.41) is 0. The zero-order valence-electron chi connectivity index (χ0n) is 10.4. The van der Waals surface area contributed by atoms with Gasteiger partial charge in [0, 0.05) is 6.42 Å². The van der Waals surface area contributed by atoms with Crippen molar-refractivity contribution < 1.29 is 4.74 Å². The van der Waals surface area contributed by atoms with E-state index in [0.29, 0.717) is 6.10 Å². The van der Waals surface area contributed by atoms with Gasteiger partial charge in [-0.05, 0) is 29.4 Å². The number of fused-ring (bicyclic) bond motifs is 1. The van der Waals surface area contributed by atoms with Gasteiger partial charge in [-0.3, -0.25) is 0 Å². The fourth-order valence-corrected chi connectivity index (χ4v) is 3.22. The third-order valence-electron chi connectivity index (χ3n) is 3.99. The van der Waals surface area contributed by atoms with Crippen LogP contribution in [0, 0.1) is 5.41 Å². The zero-order chi connectivity index (χ0) is 11.4. The summed E-state index contributed by atoms with van der Waals surface area (Å²) >= 11 is 0. The van der Waals surface area contributed by atoms with Crippen molar-refractivity contribution in [3.63, 3.8) is 0 Å². The van der Waals surface area contributed by atoms with Crippen molar-refractivity contribution in [1.29, 1.82) is 0 Å². The van der Waals surface area contributed by atoms with Gasteiger partial charge in [-0.15, -0.1) is 0 Å². The Morgan fingerprint density at radius 2 is 1.88 bits per heavy atom. The summed E-state index contributed by atoms with van der Waals surface area (Å²) < 4.78 is 6.07. The second-order valence-electron chi connectivity index (χ2n) is 6.37. The topological polar surface area (TPSA) is 12.5 Å². The minimum absolute atomic E-state index is 0.173. The maximum atomic E-state index is 6.07. The molecular formula is C15H20O. The molecule has 1 aliphatic heterocycles. The lowest BCUT2D eigenvalue weighted by Gasteiger charge is -2.25. The Kier molecular flexibility index (Phi) is 2.00. The number of aryl methyl sites for hydroxylation is 1. The Morgan fingerprint density at radius 1 is 1.19 bits per heavy atom. The highest BCUT2D eigenvalue weighted by atomic mass is 16.6. The Bertz CT molecular complexity index is 416. The van der Waals surface area contributed by atoms with Gasteiger partial charge < -0.3 is 4.74 Å². The molecule has 1 heterocycles. The highest BCUT2D eigenvalue weighted by Crippen LogP contribution is 2.53. The van der Waals surface area contributed by atoms with Crippen molar-refractivity contribution in [3.05, 3.63) is 35.4 Å². The first-order valence-corrected chi connectivity index (χ1v) is 6.26. The fourth-order valence-electron chi connectivity index (χ4n) is 3.22. The molecule has 0 saturated carbocycles. The second-order valence-corrected chi connectivity index (χ2v) is 6.37. The lowest BCUT2D eigenvalue weighted by atomic mass is 9.75. The third-order valence-corrected chi connectivity index (χ3v) is 3.99. The van der Waals surface area contributed by atoms with E-state index < -0.39 is 0 Å². The van der Waals surface area contributed by atoms with E-state index in [4.69, 9.17) is 4.74 Å². The van der Waals surface area contributed by atoms with E-state index >= 15 is 0 Å². The summed E-state index contributed by atoms with van der Waals surface area (Å²) in [6.07, 6.45) is 3.95.